The van der Waals surface area contributed by atoms with E-state index in [0.717, 1.165) is 12.8 Å². The Bertz CT molecular complexity index is 539. The van der Waals surface area contributed by atoms with Crippen LogP contribution in [-0.4, -0.2) is 21.7 Å². The molecule has 104 valence electrons. The first kappa shape index (κ1) is 14.0. The van der Waals surface area contributed by atoms with Gasteiger partial charge in [-0.1, -0.05) is 6.42 Å². The third kappa shape index (κ3) is 3.15. The molecule has 1 amide bonds. The molecule has 1 aromatic rings. The van der Waals surface area contributed by atoms with Gasteiger partial charge in [0.05, 0.1) is 10.7 Å². The zero-order valence-electron chi connectivity index (χ0n) is 10.7. The van der Waals surface area contributed by atoms with E-state index in [0.29, 0.717) is 22.6 Å². The van der Waals surface area contributed by atoms with Crippen LogP contribution in [0, 0.1) is 5.92 Å². The Balaban J connectivity index is 2.23. The van der Waals surface area contributed by atoms with E-state index in [1.54, 1.807) is 13.1 Å². The van der Waals surface area contributed by atoms with E-state index in [2.05, 4.69) is 26.3 Å². The standard InChI is InChI=1S/C12H17BrN4O2/c1-7(11(14)18)16-10-9(13)5-15-17(12(10)19)6-8-3-2-4-8/h5,7-8,16H,2-4,6H2,1H3,(H2,14,18). The number of rotatable bonds is 5. The lowest BCUT2D eigenvalue weighted by Crippen LogP contribution is -2.37. The van der Waals surface area contributed by atoms with Crippen molar-refractivity contribution in [2.24, 2.45) is 11.7 Å². The monoisotopic (exact) mass is 328 g/mol. The van der Waals surface area contributed by atoms with Crippen LogP contribution in [0.2, 0.25) is 0 Å². The van der Waals surface area contributed by atoms with Crippen LogP contribution < -0.4 is 16.6 Å². The van der Waals surface area contributed by atoms with E-state index in [1.165, 1.54) is 11.1 Å². The zero-order valence-corrected chi connectivity index (χ0v) is 12.3. The summed E-state index contributed by atoms with van der Waals surface area (Å²) in [4.78, 5) is 23.3. The van der Waals surface area contributed by atoms with Crippen LogP contribution in [0.3, 0.4) is 0 Å². The summed E-state index contributed by atoms with van der Waals surface area (Å²) in [6, 6.07) is -0.608. The number of nitrogens with two attached hydrogens (primary N) is 1. The average molecular weight is 329 g/mol. The zero-order chi connectivity index (χ0) is 14.0. The van der Waals surface area contributed by atoms with Gasteiger partial charge >= 0.3 is 0 Å². The minimum atomic E-state index is -0.608. The number of hydrogen-bond acceptors (Lipinski definition) is 4. The predicted molar refractivity (Wildman–Crippen MR) is 75.8 cm³/mol. The molecule has 7 heteroatoms. The smallest absolute Gasteiger partial charge is 0.291 e. The SMILES string of the molecule is CC(Nc1c(Br)cnn(CC2CCC2)c1=O)C(N)=O. The summed E-state index contributed by atoms with van der Waals surface area (Å²) < 4.78 is 1.99. The Kier molecular flexibility index (Phi) is 4.24. The van der Waals surface area contributed by atoms with Crippen molar-refractivity contribution in [2.45, 2.75) is 38.8 Å². The third-order valence-electron chi connectivity index (χ3n) is 3.44. The Morgan fingerprint density at radius 2 is 2.37 bits per heavy atom. The number of anilines is 1. The predicted octanol–water partition coefficient (Wildman–Crippen LogP) is 1.09. The Hall–Kier alpha value is -1.37. The highest BCUT2D eigenvalue weighted by molar-refractivity contribution is 9.10. The molecule has 1 aliphatic rings. The molecule has 0 radical (unpaired) electrons. The van der Waals surface area contributed by atoms with E-state index >= 15 is 0 Å². The topological polar surface area (TPSA) is 90.0 Å². The molecule has 6 nitrogen and oxygen atoms in total. The van der Waals surface area contributed by atoms with E-state index in [-0.39, 0.29) is 5.56 Å². The van der Waals surface area contributed by atoms with E-state index in [4.69, 9.17) is 5.73 Å². The van der Waals surface area contributed by atoms with Crippen molar-refractivity contribution in [3.63, 3.8) is 0 Å². The first-order chi connectivity index (χ1) is 8.99. The number of amides is 1. The van der Waals surface area contributed by atoms with Crippen molar-refractivity contribution in [2.75, 3.05) is 5.32 Å². The fourth-order valence-corrected chi connectivity index (χ4v) is 2.31. The minimum absolute atomic E-state index is 0.227. The van der Waals surface area contributed by atoms with Gasteiger partial charge in [-0.3, -0.25) is 9.59 Å². The van der Waals surface area contributed by atoms with Crippen LogP contribution in [-0.2, 0) is 11.3 Å². The summed E-state index contributed by atoms with van der Waals surface area (Å²) in [6.45, 7) is 2.25. The second-order valence-electron chi connectivity index (χ2n) is 4.92. The molecule has 3 N–H and O–H groups in total. The second kappa shape index (κ2) is 5.73. The summed E-state index contributed by atoms with van der Waals surface area (Å²) in [7, 11) is 0. The lowest BCUT2D eigenvalue weighted by molar-refractivity contribution is -0.118. The fourth-order valence-electron chi connectivity index (χ4n) is 1.94. The molecular weight excluding hydrogens is 312 g/mol. The van der Waals surface area contributed by atoms with Crippen molar-refractivity contribution in [3.05, 3.63) is 21.0 Å². The highest BCUT2D eigenvalue weighted by atomic mass is 79.9. The van der Waals surface area contributed by atoms with Crippen LogP contribution in [0.4, 0.5) is 5.69 Å². The number of hydrogen-bond donors (Lipinski definition) is 2. The lowest BCUT2D eigenvalue weighted by atomic mass is 9.85. The molecule has 0 aliphatic heterocycles. The number of primary amides is 1. The van der Waals surface area contributed by atoms with Gasteiger partial charge in [0.1, 0.15) is 11.7 Å². The molecule has 1 heterocycles. The molecule has 0 aromatic carbocycles. The van der Waals surface area contributed by atoms with Gasteiger partial charge in [0.2, 0.25) is 5.91 Å². The summed E-state index contributed by atoms with van der Waals surface area (Å²) in [5.41, 5.74) is 5.30. The Labute approximate surface area is 119 Å². The molecule has 1 saturated carbocycles. The molecule has 0 spiro atoms. The first-order valence-corrected chi connectivity index (χ1v) is 7.10. The molecular formula is C12H17BrN4O2. The number of nitrogens with one attached hydrogen (secondary N) is 1. The number of carbonyl (C=O) groups is 1. The average Bonchev–Trinajstić information content (AvgIpc) is 2.30. The number of halogens is 1. The molecule has 1 fully saturated rings. The molecule has 2 rings (SSSR count). The molecule has 0 bridgehead atoms. The number of nitrogens with zero attached hydrogens (tertiary/aromatic N) is 2. The minimum Gasteiger partial charge on any atom is -0.368 e. The molecule has 1 aromatic heterocycles. The largest absolute Gasteiger partial charge is 0.368 e. The highest BCUT2D eigenvalue weighted by Crippen LogP contribution is 2.27. The van der Waals surface area contributed by atoms with Gasteiger partial charge in [0.25, 0.3) is 5.56 Å². The maximum Gasteiger partial charge on any atom is 0.291 e. The fraction of sp³-hybridized carbons (Fsp3) is 0.583. The molecule has 1 aliphatic carbocycles. The number of aromatic nitrogens is 2. The summed E-state index contributed by atoms with van der Waals surface area (Å²) in [5, 5.41) is 6.95. The van der Waals surface area contributed by atoms with E-state index in [1.807, 2.05) is 0 Å². The second-order valence-corrected chi connectivity index (χ2v) is 5.77. The van der Waals surface area contributed by atoms with Crippen LogP contribution in [0.5, 0.6) is 0 Å². The Morgan fingerprint density at radius 3 is 2.89 bits per heavy atom. The van der Waals surface area contributed by atoms with Gasteiger partial charge in [-0.25, -0.2) is 4.68 Å². The van der Waals surface area contributed by atoms with Crippen molar-refractivity contribution in [1.82, 2.24) is 9.78 Å². The van der Waals surface area contributed by atoms with Crippen molar-refractivity contribution >= 4 is 27.5 Å². The Morgan fingerprint density at radius 1 is 1.68 bits per heavy atom. The summed E-state index contributed by atoms with van der Waals surface area (Å²) >= 11 is 3.27. The van der Waals surface area contributed by atoms with Gasteiger partial charge in [0, 0.05) is 6.54 Å². The maximum absolute atomic E-state index is 12.3. The molecule has 1 atom stereocenters. The highest BCUT2D eigenvalue weighted by Gasteiger charge is 2.21. The lowest BCUT2D eigenvalue weighted by Gasteiger charge is -2.25. The van der Waals surface area contributed by atoms with Gasteiger partial charge in [-0.2, -0.15) is 5.10 Å². The van der Waals surface area contributed by atoms with Crippen LogP contribution in [0.1, 0.15) is 26.2 Å². The van der Waals surface area contributed by atoms with Gasteiger partial charge in [0.15, 0.2) is 0 Å². The molecule has 19 heavy (non-hydrogen) atoms. The van der Waals surface area contributed by atoms with Crippen molar-refractivity contribution < 1.29 is 4.79 Å². The maximum atomic E-state index is 12.3. The van der Waals surface area contributed by atoms with E-state index < -0.39 is 11.9 Å². The quantitative estimate of drug-likeness (QED) is 0.846. The molecule has 0 saturated heterocycles. The summed E-state index contributed by atoms with van der Waals surface area (Å²) in [5.74, 6) is 0.0291. The summed E-state index contributed by atoms with van der Waals surface area (Å²) in [6.07, 6.45) is 5.07. The van der Waals surface area contributed by atoms with Crippen LogP contribution in [0.15, 0.2) is 15.5 Å². The molecule has 1 unspecified atom stereocenters. The van der Waals surface area contributed by atoms with Gasteiger partial charge in [-0.15, -0.1) is 0 Å². The van der Waals surface area contributed by atoms with E-state index in [9.17, 15) is 9.59 Å². The van der Waals surface area contributed by atoms with Crippen LogP contribution >= 0.6 is 15.9 Å². The number of carbonyl (C=O) groups excluding carboxylic acids is 1. The van der Waals surface area contributed by atoms with Crippen LogP contribution in [0.25, 0.3) is 0 Å². The van der Waals surface area contributed by atoms with Gasteiger partial charge < -0.3 is 11.1 Å². The van der Waals surface area contributed by atoms with Crippen molar-refractivity contribution in [3.8, 4) is 0 Å². The third-order valence-corrected chi connectivity index (χ3v) is 4.04. The normalized spacial score (nSPS) is 16.7. The van der Waals surface area contributed by atoms with Crippen molar-refractivity contribution in [1.29, 1.82) is 0 Å². The first-order valence-electron chi connectivity index (χ1n) is 6.30. The van der Waals surface area contributed by atoms with Gasteiger partial charge in [-0.05, 0) is 41.6 Å².